The average molecular weight is 269 g/mol. The van der Waals surface area contributed by atoms with Crippen LogP contribution in [-0.4, -0.2) is 41.5 Å². The van der Waals surface area contributed by atoms with Crippen LogP contribution in [0.25, 0.3) is 0 Å². The maximum absolute atomic E-state index is 11.8. The van der Waals surface area contributed by atoms with E-state index >= 15 is 0 Å². The highest BCUT2D eigenvalue weighted by atomic mass is 16.5. The van der Waals surface area contributed by atoms with E-state index in [0.29, 0.717) is 22.8 Å². The van der Waals surface area contributed by atoms with Crippen LogP contribution in [0.15, 0.2) is 12.1 Å². The molecule has 0 aliphatic heterocycles. The van der Waals surface area contributed by atoms with E-state index in [1.807, 2.05) is 0 Å². The highest BCUT2D eigenvalue weighted by Gasteiger charge is 2.27. The molecule has 0 fully saturated rings. The lowest BCUT2D eigenvalue weighted by Gasteiger charge is -2.20. The minimum Gasteiger partial charge on any atom is -0.496 e. The summed E-state index contributed by atoms with van der Waals surface area (Å²) in [5, 5.41) is 2.88. The molecule has 6 heteroatoms. The zero-order valence-electron chi connectivity index (χ0n) is 11.8. The molecule has 0 heterocycles. The second kappa shape index (κ2) is 6.84. The van der Waals surface area contributed by atoms with Crippen molar-refractivity contribution in [3.63, 3.8) is 0 Å². The summed E-state index contributed by atoms with van der Waals surface area (Å²) in [6.07, 6.45) is 0. The first kappa shape index (κ1) is 15.1. The van der Waals surface area contributed by atoms with Crippen LogP contribution >= 0.6 is 0 Å². The summed E-state index contributed by atoms with van der Waals surface area (Å²) in [4.78, 5) is 11.8. The second-order valence-electron chi connectivity index (χ2n) is 3.69. The molecule has 0 saturated carbocycles. The molecule has 19 heavy (non-hydrogen) atoms. The fourth-order valence-corrected chi connectivity index (χ4v) is 1.82. The number of nitrogens with one attached hydrogen (secondary N) is 1. The zero-order valence-corrected chi connectivity index (χ0v) is 11.8. The summed E-state index contributed by atoms with van der Waals surface area (Å²) in [5.74, 6) is 1.13. The molecular formula is C13H19NO5. The van der Waals surface area contributed by atoms with Crippen molar-refractivity contribution in [3.8, 4) is 17.2 Å². The Morgan fingerprint density at radius 2 is 1.58 bits per heavy atom. The molecule has 0 aliphatic carbocycles. The van der Waals surface area contributed by atoms with Gasteiger partial charge < -0.3 is 24.3 Å². The Hall–Kier alpha value is -1.95. The molecule has 1 unspecified atom stereocenters. The summed E-state index contributed by atoms with van der Waals surface area (Å²) in [6, 6.07) is 2.69. The van der Waals surface area contributed by atoms with Gasteiger partial charge in [-0.1, -0.05) is 0 Å². The van der Waals surface area contributed by atoms with Crippen LogP contribution in [0.1, 0.15) is 11.6 Å². The quantitative estimate of drug-likeness (QED) is 0.781. The summed E-state index contributed by atoms with van der Waals surface area (Å²) >= 11 is 0. The predicted molar refractivity (Wildman–Crippen MR) is 69.9 cm³/mol. The number of likely N-dealkylation sites (N-methyl/N-ethyl adjacent to an activating group) is 1. The molecule has 0 amide bonds. The molecule has 1 aromatic carbocycles. The van der Waals surface area contributed by atoms with Crippen molar-refractivity contribution in [2.75, 3.05) is 35.5 Å². The zero-order chi connectivity index (χ0) is 14.4. The smallest absolute Gasteiger partial charge is 0.327 e. The minimum absolute atomic E-state index is 0.427. The van der Waals surface area contributed by atoms with Gasteiger partial charge in [-0.2, -0.15) is 0 Å². The van der Waals surface area contributed by atoms with Crippen LogP contribution in [0.4, 0.5) is 0 Å². The Balaban J connectivity index is 3.41. The third-order valence-electron chi connectivity index (χ3n) is 2.77. The van der Waals surface area contributed by atoms with Gasteiger partial charge in [0.25, 0.3) is 0 Å². The highest BCUT2D eigenvalue weighted by molar-refractivity contribution is 5.80. The summed E-state index contributed by atoms with van der Waals surface area (Å²) in [5.41, 5.74) is 0.570. The molecule has 0 radical (unpaired) electrons. The molecule has 1 aromatic rings. The van der Waals surface area contributed by atoms with Crippen molar-refractivity contribution < 1.29 is 23.7 Å². The number of benzene rings is 1. The van der Waals surface area contributed by atoms with Crippen molar-refractivity contribution in [1.29, 1.82) is 0 Å². The van der Waals surface area contributed by atoms with Gasteiger partial charge >= 0.3 is 5.97 Å². The van der Waals surface area contributed by atoms with Crippen LogP contribution in [0.3, 0.4) is 0 Å². The van der Waals surface area contributed by atoms with Crippen LogP contribution in [0, 0.1) is 0 Å². The number of rotatable bonds is 6. The lowest BCUT2D eigenvalue weighted by Crippen LogP contribution is -2.27. The largest absolute Gasteiger partial charge is 0.496 e. The fourth-order valence-electron chi connectivity index (χ4n) is 1.82. The number of carbonyl (C=O) groups excluding carboxylic acids is 1. The van der Waals surface area contributed by atoms with Crippen molar-refractivity contribution >= 4 is 5.97 Å². The molecule has 0 aromatic heterocycles. The normalized spacial score (nSPS) is 11.6. The summed E-state index contributed by atoms with van der Waals surface area (Å²) in [6.45, 7) is 0. The summed E-state index contributed by atoms with van der Waals surface area (Å²) < 4.78 is 20.5. The van der Waals surface area contributed by atoms with E-state index in [0.717, 1.165) is 0 Å². The van der Waals surface area contributed by atoms with Crippen LogP contribution in [-0.2, 0) is 9.53 Å². The number of esters is 1. The third-order valence-corrected chi connectivity index (χ3v) is 2.77. The second-order valence-corrected chi connectivity index (χ2v) is 3.69. The van der Waals surface area contributed by atoms with Gasteiger partial charge in [-0.15, -0.1) is 0 Å². The molecule has 0 saturated heterocycles. The molecule has 1 atom stereocenters. The number of ether oxygens (including phenoxy) is 4. The lowest BCUT2D eigenvalue weighted by molar-refractivity contribution is -0.143. The molecule has 1 rings (SSSR count). The first-order chi connectivity index (χ1) is 9.12. The Bertz CT molecular complexity index is 422. The maximum atomic E-state index is 11.8. The molecule has 106 valence electrons. The molecular weight excluding hydrogens is 250 g/mol. The Morgan fingerprint density at radius 3 is 1.89 bits per heavy atom. The van der Waals surface area contributed by atoms with E-state index in [9.17, 15) is 4.79 Å². The van der Waals surface area contributed by atoms with E-state index in [-0.39, 0.29) is 0 Å². The van der Waals surface area contributed by atoms with E-state index in [1.54, 1.807) is 26.3 Å². The number of methoxy groups -OCH3 is 4. The van der Waals surface area contributed by atoms with Gasteiger partial charge in [0.15, 0.2) is 0 Å². The Labute approximate surface area is 112 Å². The van der Waals surface area contributed by atoms with Gasteiger partial charge in [-0.3, -0.25) is 0 Å². The number of hydrogen-bond acceptors (Lipinski definition) is 6. The minimum atomic E-state index is -0.680. The van der Waals surface area contributed by atoms with Gasteiger partial charge in [0, 0.05) is 12.1 Å². The topological polar surface area (TPSA) is 66.0 Å². The van der Waals surface area contributed by atoms with Crippen LogP contribution in [0.2, 0.25) is 0 Å². The van der Waals surface area contributed by atoms with E-state index < -0.39 is 12.0 Å². The Morgan fingerprint density at radius 1 is 1.05 bits per heavy atom. The van der Waals surface area contributed by atoms with Gasteiger partial charge in [0.05, 0.1) is 34.0 Å². The molecule has 1 N–H and O–H groups in total. The van der Waals surface area contributed by atoms with Crippen molar-refractivity contribution in [2.45, 2.75) is 6.04 Å². The van der Waals surface area contributed by atoms with Crippen LogP contribution in [0.5, 0.6) is 17.2 Å². The first-order valence-corrected chi connectivity index (χ1v) is 5.67. The monoisotopic (exact) mass is 269 g/mol. The van der Waals surface area contributed by atoms with Gasteiger partial charge in [-0.25, -0.2) is 4.79 Å². The fraction of sp³-hybridized carbons (Fsp3) is 0.462. The predicted octanol–water partition coefficient (Wildman–Crippen LogP) is 1.15. The molecule has 6 nitrogen and oxygen atoms in total. The van der Waals surface area contributed by atoms with Crippen molar-refractivity contribution in [2.24, 2.45) is 0 Å². The molecule has 0 aliphatic rings. The van der Waals surface area contributed by atoms with Gasteiger partial charge in [0.2, 0.25) is 0 Å². The standard InChI is InChI=1S/C13H19NO5/c1-14-12(13(15)19-5)11-9(17-3)6-8(16-2)7-10(11)18-4/h6-7,12,14H,1-5H3. The van der Waals surface area contributed by atoms with Crippen molar-refractivity contribution in [3.05, 3.63) is 17.7 Å². The number of carbonyl (C=O) groups is 1. The SMILES string of the molecule is CNC(C(=O)OC)c1c(OC)cc(OC)cc1OC. The van der Waals surface area contributed by atoms with E-state index in [2.05, 4.69) is 5.32 Å². The van der Waals surface area contributed by atoms with Crippen molar-refractivity contribution in [1.82, 2.24) is 5.32 Å². The molecule has 0 spiro atoms. The molecule has 0 bridgehead atoms. The maximum Gasteiger partial charge on any atom is 0.327 e. The third kappa shape index (κ3) is 3.08. The lowest BCUT2D eigenvalue weighted by atomic mass is 10.0. The number of hydrogen-bond donors (Lipinski definition) is 1. The summed E-state index contributed by atoms with van der Waals surface area (Å²) in [7, 11) is 7.56. The first-order valence-electron chi connectivity index (χ1n) is 5.67. The average Bonchev–Trinajstić information content (AvgIpc) is 2.47. The van der Waals surface area contributed by atoms with Crippen LogP contribution < -0.4 is 19.5 Å². The Kier molecular flexibility index (Phi) is 5.44. The highest BCUT2D eigenvalue weighted by Crippen LogP contribution is 2.38. The van der Waals surface area contributed by atoms with Gasteiger partial charge in [0.1, 0.15) is 23.3 Å². The van der Waals surface area contributed by atoms with E-state index in [4.69, 9.17) is 18.9 Å². The van der Waals surface area contributed by atoms with E-state index in [1.165, 1.54) is 21.3 Å². The van der Waals surface area contributed by atoms with Gasteiger partial charge in [-0.05, 0) is 7.05 Å².